The van der Waals surface area contributed by atoms with Gasteiger partial charge in [0.25, 0.3) is 0 Å². The second-order valence-corrected chi connectivity index (χ2v) is 9.57. The first kappa shape index (κ1) is 21.1. The molecule has 3 rings (SSSR count). The van der Waals surface area contributed by atoms with Crippen LogP contribution in [-0.4, -0.2) is 49.0 Å². The third-order valence-corrected chi connectivity index (χ3v) is 6.46. The van der Waals surface area contributed by atoms with Crippen molar-refractivity contribution in [3.63, 3.8) is 0 Å². The van der Waals surface area contributed by atoms with Crippen molar-refractivity contribution in [1.29, 1.82) is 0 Å². The molecule has 1 saturated heterocycles. The number of aromatic nitrogens is 1. The van der Waals surface area contributed by atoms with E-state index in [0.717, 1.165) is 0 Å². The molecule has 1 aliphatic heterocycles. The number of aryl methyl sites for hydroxylation is 1. The third-order valence-electron chi connectivity index (χ3n) is 4.60. The highest BCUT2D eigenvalue weighted by Crippen LogP contribution is 2.30. The molecule has 0 aliphatic carbocycles. The smallest absolute Gasteiger partial charge is 0.220 e. The first-order valence-electron chi connectivity index (χ1n) is 8.87. The zero-order valence-corrected chi connectivity index (χ0v) is 17.6. The average Bonchev–Trinajstić information content (AvgIpc) is 3.08. The van der Waals surface area contributed by atoms with E-state index in [-0.39, 0.29) is 18.4 Å². The summed E-state index contributed by atoms with van der Waals surface area (Å²) in [6, 6.07) is 5.08. The van der Waals surface area contributed by atoms with Crippen LogP contribution in [0, 0.1) is 0 Å². The molecule has 1 fully saturated rings. The van der Waals surface area contributed by atoms with E-state index in [2.05, 4.69) is 10.3 Å². The van der Waals surface area contributed by atoms with Crippen molar-refractivity contribution in [1.82, 2.24) is 14.6 Å². The second-order valence-electron chi connectivity index (χ2n) is 6.75. The Morgan fingerprint density at radius 1 is 1.32 bits per heavy atom. The van der Waals surface area contributed by atoms with Crippen molar-refractivity contribution in [2.24, 2.45) is 0 Å². The standard InChI is InChI=1S/C18H21Cl2N3O4S/c1-28(25,26)23-8-6-13(7-9-23)22-17(24)4-5-18-21-11-16(27-18)14-3-2-12(19)10-15(14)20/h2-3,10-11,13H,4-9H2,1H3,(H,22,24). The van der Waals surface area contributed by atoms with Crippen LogP contribution >= 0.6 is 23.2 Å². The van der Waals surface area contributed by atoms with Crippen molar-refractivity contribution in [3.05, 3.63) is 40.3 Å². The molecule has 0 atom stereocenters. The van der Waals surface area contributed by atoms with E-state index in [0.29, 0.717) is 59.6 Å². The molecule has 1 N–H and O–H groups in total. The number of carbonyl (C=O) groups is 1. The van der Waals surface area contributed by atoms with Gasteiger partial charge in [-0.25, -0.2) is 17.7 Å². The van der Waals surface area contributed by atoms with Gasteiger partial charge in [0.15, 0.2) is 11.7 Å². The largest absolute Gasteiger partial charge is 0.441 e. The first-order valence-corrected chi connectivity index (χ1v) is 11.5. The van der Waals surface area contributed by atoms with Crippen LogP contribution in [-0.2, 0) is 21.2 Å². The van der Waals surface area contributed by atoms with Gasteiger partial charge < -0.3 is 9.73 Å². The molecule has 0 radical (unpaired) electrons. The van der Waals surface area contributed by atoms with Gasteiger partial charge in [0.1, 0.15) is 0 Å². The minimum absolute atomic E-state index is 0.0153. The number of nitrogens with one attached hydrogen (secondary N) is 1. The van der Waals surface area contributed by atoms with Crippen LogP contribution in [0.4, 0.5) is 0 Å². The van der Waals surface area contributed by atoms with E-state index in [4.69, 9.17) is 27.6 Å². The minimum Gasteiger partial charge on any atom is -0.441 e. The first-order chi connectivity index (χ1) is 13.2. The second kappa shape index (κ2) is 8.82. The number of carbonyl (C=O) groups excluding carboxylic acids is 1. The molecular weight excluding hydrogens is 425 g/mol. The minimum atomic E-state index is -3.17. The number of piperidine rings is 1. The lowest BCUT2D eigenvalue weighted by Crippen LogP contribution is -2.46. The Morgan fingerprint density at radius 3 is 2.68 bits per heavy atom. The molecule has 1 amide bonds. The Balaban J connectivity index is 1.49. The van der Waals surface area contributed by atoms with Gasteiger partial charge in [0.2, 0.25) is 15.9 Å². The van der Waals surface area contributed by atoms with Gasteiger partial charge in [-0.05, 0) is 31.0 Å². The maximum absolute atomic E-state index is 12.2. The lowest BCUT2D eigenvalue weighted by molar-refractivity contribution is -0.122. The number of benzene rings is 1. The fraction of sp³-hybridized carbons (Fsp3) is 0.444. The molecule has 0 spiro atoms. The number of hydrogen-bond donors (Lipinski definition) is 1. The van der Waals surface area contributed by atoms with Crippen molar-refractivity contribution in [3.8, 4) is 11.3 Å². The van der Waals surface area contributed by atoms with Crippen LogP contribution in [0.25, 0.3) is 11.3 Å². The maximum Gasteiger partial charge on any atom is 0.220 e. The van der Waals surface area contributed by atoms with Gasteiger partial charge in [-0.3, -0.25) is 4.79 Å². The summed E-state index contributed by atoms with van der Waals surface area (Å²) in [5, 5.41) is 3.95. The maximum atomic E-state index is 12.2. The number of halogens is 2. The number of amides is 1. The summed E-state index contributed by atoms with van der Waals surface area (Å²) >= 11 is 12.1. The SMILES string of the molecule is CS(=O)(=O)N1CCC(NC(=O)CCc2ncc(-c3ccc(Cl)cc3Cl)o2)CC1. The molecule has 1 aromatic heterocycles. The van der Waals surface area contributed by atoms with Crippen LogP contribution < -0.4 is 5.32 Å². The lowest BCUT2D eigenvalue weighted by Gasteiger charge is -2.30. The summed E-state index contributed by atoms with van der Waals surface area (Å²) in [6.45, 7) is 0.851. The van der Waals surface area contributed by atoms with Gasteiger partial charge in [-0.1, -0.05) is 23.2 Å². The van der Waals surface area contributed by atoms with Crippen molar-refractivity contribution in [2.75, 3.05) is 19.3 Å². The fourth-order valence-corrected chi connectivity index (χ4v) is 4.47. The Bertz CT molecular complexity index is 953. The van der Waals surface area contributed by atoms with E-state index >= 15 is 0 Å². The van der Waals surface area contributed by atoms with E-state index in [1.165, 1.54) is 10.6 Å². The Kier molecular flexibility index (Phi) is 6.65. The monoisotopic (exact) mass is 445 g/mol. The summed E-state index contributed by atoms with van der Waals surface area (Å²) in [6.07, 6.45) is 4.59. The number of sulfonamides is 1. The molecule has 0 unspecified atom stereocenters. The zero-order valence-electron chi connectivity index (χ0n) is 15.3. The van der Waals surface area contributed by atoms with Gasteiger partial charge in [-0.2, -0.15) is 0 Å². The number of oxazole rings is 1. The summed E-state index contributed by atoms with van der Waals surface area (Å²) in [5.74, 6) is 0.857. The quantitative estimate of drug-likeness (QED) is 0.736. The van der Waals surface area contributed by atoms with Crippen molar-refractivity contribution in [2.45, 2.75) is 31.7 Å². The lowest BCUT2D eigenvalue weighted by atomic mass is 10.1. The van der Waals surface area contributed by atoms with Crippen LogP contribution in [0.2, 0.25) is 10.0 Å². The van der Waals surface area contributed by atoms with Gasteiger partial charge in [-0.15, -0.1) is 0 Å². The van der Waals surface area contributed by atoms with Crippen LogP contribution in [0.15, 0.2) is 28.8 Å². The fourth-order valence-electron chi connectivity index (χ4n) is 3.09. The molecule has 152 valence electrons. The predicted molar refractivity (Wildman–Crippen MR) is 108 cm³/mol. The number of rotatable bonds is 6. The highest BCUT2D eigenvalue weighted by Gasteiger charge is 2.25. The van der Waals surface area contributed by atoms with E-state index < -0.39 is 10.0 Å². The van der Waals surface area contributed by atoms with Gasteiger partial charge in [0.05, 0.1) is 17.5 Å². The summed E-state index contributed by atoms with van der Waals surface area (Å²) in [5.41, 5.74) is 0.687. The Labute approximate surface area is 174 Å². The third kappa shape index (κ3) is 5.47. The molecule has 2 aromatic rings. The predicted octanol–water partition coefficient (Wildman–Crippen LogP) is 3.12. The highest BCUT2D eigenvalue weighted by atomic mass is 35.5. The van der Waals surface area contributed by atoms with Crippen molar-refractivity contribution < 1.29 is 17.6 Å². The Morgan fingerprint density at radius 2 is 2.04 bits per heavy atom. The van der Waals surface area contributed by atoms with Crippen molar-refractivity contribution >= 4 is 39.1 Å². The van der Waals surface area contributed by atoms with E-state index in [9.17, 15) is 13.2 Å². The van der Waals surface area contributed by atoms with Crippen LogP contribution in [0.1, 0.15) is 25.2 Å². The molecule has 0 saturated carbocycles. The molecule has 1 aliphatic rings. The summed E-state index contributed by atoms with van der Waals surface area (Å²) in [4.78, 5) is 16.4. The summed E-state index contributed by atoms with van der Waals surface area (Å²) < 4.78 is 30.2. The molecular formula is C18H21Cl2N3O4S. The number of hydrogen-bond acceptors (Lipinski definition) is 5. The molecule has 0 bridgehead atoms. The average molecular weight is 446 g/mol. The van der Waals surface area contributed by atoms with E-state index in [1.54, 1.807) is 24.4 Å². The van der Waals surface area contributed by atoms with Gasteiger partial charge in [0, 0.05) is 42.6 Å². The molecule has 10 heteroatoms. The molecule has 7 nitrogen and oxygen atoms in total. The highest BCUT2D eigenvalue weighted by molar-refractivity contribution is 7.88. The van der Waals surface area contributed by atoms with E-state index in [1.807, 2.05) is 0 Å². The topological polar surface area (TPSA) is 92.5 Å². The summed E-state index contributed by atoms with van der Waals surface area (Å²) in [7, 11) is -3.17. The zero-order chi connectivity index (χ0) is 20.3. The molecule has 2 heterocycles. The van der Waals surface area contributed by atoms with Crippen LogP contribution in [0.3, 0.4) is 0 Å². The van der Waals surface area contributed by atoms with Crippen LogP contribution in [0.5, 0.6) is 0 Å². The molecule has 1 aromatic carbocycles. The number of nitrogens with zero attached hydrogens (tertiary/aromatic N) is 2. The Hall–Kier alpha value is -1.61. The van der Waals surface area contributed by atoms with Gasteiger partial charge >= 0.3 is 0 Å². The molecule has 28 heavy (non-hydrogen) atoms. The normalized spacial score (nSPS) is 16.2.